The van der Waals surface area contributed by atoms with Crippen LogP contribution in [0.2, 0.25) is 0 Å². The third kappa shape index (κ3) is 2.60. The first-order valence-electron chi connectivity index (χ1n) is 6.23. The first kappa shape index (κ1) is 13.5. The van der Waals surface area contributed by atoms with E-state index >= 15 is 0 Å². The van der Waals surface area contributed by atoms with Crippen molar-refractivity contribution in [1.82, 2.24) is 9.47 Å². The van der Waals surface area contributed by atoms with Crippen LogP contribution < -0.4 is 0 Å². The lowest BCUT2D eigenvalue weighted by molar-refractivity contribution is -0.384. The molecule has 1 saturated heterocycles. The smallest absolute Gasteiger partial charge is 0.287 e. The maximum atomic E-state index is 12.3. The number of hydrogen-bond acceptors (Lipinski definition) is 4. The van der Waals surface area contributed by atoms with E-state index in [2.05, 4.69) is 0 Å². The van der Waals surface area contributed by atoms with Gasteiger partial charge in [-0.3, -0.25) is 14.9 Å². The van der Waals surface area contributed by atoms with Gasteiger partial charge in [0.15, 0.2) is 0 Å². The Morgan fingerprint density at radius 3 is 2.74 bits per heavy atom. The average Bonchev–Trinajstić information content (AvgIpc) is 2.93. The molecule has 0 aromatic carbocycles. The molecule has 0 radical (unpaired) electrons. The van der Waals surface area contributed by atoms with Crippen molar-refractivity contribution in [3.05, 3.63) is 28.1 Å². The van der Waals surface area contributed by atoms with E-state index in [1.807, 2.05) is 13.8 Å². The molecule has 1 amide bonds. The summed E-state index contributed by atoms with van der Waals surface area (Å²) in [5.41, 5.74) is 0.215. The quantitative estimate of drug-likeness (QED) is 0.658. The Balaban J connectivity index is 2.32. The Hall–Kier alpha value is -1.89. The van der Waals surface area contributed by atoms with Crippen LogP contribution in [0.5, 0.6) is 0 Å². The monoisotopic (exact) mass is 267 g/mol. The van der Waals surface area contributed by atoms with Crippen molar-refractivity contribution in [3.63, 3.8) is 0 Å². The predicted octanol–water partition coefficient (Wildman–Crippen LogP) is 1.18. The molecule has 1 fully saturated rings. The van der Waals surface area contributed by atoms with Crippen LogP contribution >= 0.6 is 0 Å². The molecular weight excluding hydrogens is 250 g/mol. The number of nitrogens with zero attached hydrogens (tertiary/aromatic N) is 3. The van der Waals surface area contributed by atoms with E-state index < -0.39 is 11.0 Å². The lowest BCUT2D eigenvalue weighted by atomic mass is 10.3. The molecule has 1 atom stereocenters. The van der Waals surface area contributed by atoms with E-state index in [9.17, 15) is 20.0 Å². The largest absolute Gasteiger partial charge is 0.391 e. The molecule has 2 rings (SSSR count). The number of aromatic nitrogens is 1. The maximum Gasteiger partial charge on any atom is 0.287 e. The third-order valence-corrected chi connectivity index (χ3v) is 3.27. The highest BCUT2D eigenvalue weighted by Crippen LogP contribution is 2.23. The summed E-state index contributed by atoms with van der Waals surface area (Å²) < 4.78 is 1.60. The van der Waals surface area contributed by atoms with Crippen molar-refractivity contribution >= 4 is 11.6 Å². The number of hydrogen-bond donors (Lipinski definition) is 1. The van der Waals surface area contributed by atoms with Crippen LogP contribution in [0.3, 0.4) is 0 Å². The fourth-order valence-electron chi connectivity index (χ4n) is 2.25. The summed E-state index contributed by atoms with van der Waals surface area (Å²) in [6.07, 6.45) is 1.43. The predicted molar refractivity (Wildman–Crippen MR) is 68.0 cm³/mol. The van der Waals surface area contributed by atoms with E-state index in [0.717, 1.165) is 0 Å². The van der Waals surface area contributed by atoms with Gasteiger partial charge in [0, 0.05) is 25.2 Å². The van der Waals surface area contributed by atoms with E-state index in [1.54, 1.807) is 4.57 Å². The van der Waals surface area contributed by atoms with Crippen LogP contribution in [0, 0.1) is 10.1 Å². The van der Waals surface area contributed by atoms with Gasteiger partial charge in [0.1, 0.15) is 5.69 Å². The van der Waals surface area contributed by atoms with Crippen LogP contribution in [-0.4, -0.2) is 44.6 Å². The second-order valence-electron chi connectivity index (χ2n) is 5.04. The van der Waals surface area contributed by atoms with E-state index in [1.165, 1.54) is 17.2 Å². The second-order valence-corrected chi connectivity index (χ2v) is 5.04. The summed E-state index contributed by atoms with van der Waals surface area (Å²) in [6, 6.07) is 1.26. The maximum absolute atomic E-state index is 12.3. The molecule has 19 heavy (non-hydrogen) atoms. The molecule has 0 spiro atoms. The van der Waals surface area contributed by atoms with Gasteiger partial charge in [-0.2, -0.15) is 0 Å². The number of aliphatic hydroxyl groups is 1. The summed E-state index contributed by atoms with van der Waals surface area (Å²) in [6.45, 7) is 4.49. The van der Waals surface area contributed by atoms with Crippen LogP contribution in [0.25, 0.3) is 0 Å². The molecule has 1 aliphatic heterocycles. The second kappa shape index (κ2) is 5.00. The molecule has 2 heterocycles. The molecule has 0 aliphatic carbocycles. The first-order valence-corrected chi connectivity index (χ1v) is 6.23. The molecule has 1 aromatic rings. The van der Waals surface area contributed by atoms with Crippen molar-refractivity contribution in [2.24, 2.45) is 0 Å². The highest BCUT2D eigenvalue weighted by Gasteiger charge is 2.29. The number of amides is 1. The van der Waals surface area contributed by atoms with Gasteiger partial charge < -0.3 is 14.6 Å². The van der Waals surface area contributed by atoms with Crippen molar-refractivity contribution in [3.8, 4) is 0 Å². The summed E-state index contributed by atoms with van der Waals surface area (Å²) >= 11 is 0. The van der Waals surface area contributed by atoms with Gasteiger partial charge in [-0.05, 0) is 20.3 Å². The molecule has 0 unspecified atom stereocenters. The van der Waals surface area contributed by atoms with Crippen LogP contribution in [0.15, 0.2) is 12.3 Å². The van der Waals surface area contributed by atoms with Crippen LogP contribution in [0.1, 0.15) is 36.8 Å². The minimum absolute atomic E-state index is 0.0415. The van der Waals surface area contributed by atoms with Crippen molar-refractivity contribution in [2.75, 3.05) is 13.1 Å². The normalized spacial score (nSPS) is 19.2. The van der Waals surface area contributed by atoms with Gasteiger partial charge in [-0.15, -0.1) is 0 Å². The zero-order valence-electron chi connectivity index (χ0n) is 10.9. The standard InChI is InChI=1S/C12H17N3O4/c1-8(2)14-6-9(15(18)19)5-11(14)12(17)13-4-3-10(16)7-13/h5-6,8,10,16H,3-4,7H2,1-2H3/t10-/m1/s1. The van der Waals surface area contributed by atoms with Gasteiger partial charge in [-0.25, -0.2) is 0 Å². The Morgan fingerprint density at radius 1 is 1.58 bits per heavy atom. The number of rotatable bonds is 3. The Kier molecular flexibility index (Phi) is 3.57. The van der Waals surface area contributed by atoms with Gasteiger partial charge in [-0.1, -0.05) is 0 Å². The Labute approximate surface area is 110 Å². The molecule has 1 N–H and O–H groups in total. The SMILES string of the molecule is CC(C)n1cc([N+](=O)[O-])cc1C(=O)N1CC[C@@H](O)C1. The van der Waals surface area contributed by atoms with Gasteiger partial charge in [0.25, 0.3) is 11.6 Å². The number of aliphatic hydroxyl groups excluding tert-OH is 1. The van der Waals surface area contributed by atoms with Crippen molar-refractivity contribution in [1.29, 1.82) is 0 Å². The Bertz CT molecular complexity index is 509. The summed E-state index contributed by atoms with van der Waals surface area (Å²) in [7, 11) is 0. The minimum Gasteiger partial charge on any atom is -0.391 e. The van der Waals surface area contributed by atoms with E-state index in [0.29, 0.717) is 18.7 Å². The van der Waals surface area contributed by atoms with Crippen molar-refractivity contribution in [2.45, 2.75) is 32.4 Å². The van der Waals surface area contributed by atoms with E-state index in [4.69, 9.17) is 0 Å². The number of likely N-dealkylation sites (tertiary alicyclic amines) is 1. The molecule has 7 heteroatoms. The highest BCUT2D eigenvalue weighted by atomic mass is 16.6. The summed E-state index contributed by atoms with van der Waals surface area (Å²) in [5.74, 6) is -0.265. The Morgan fingerprint density at radius 2 is 2.26 bits per heavy atom. The number of nitro groups is 1. The molecule has 7 nitrogen and oxygen atoms in total. The number of β-amino-alcohol motifs (C(OH)–C–C–N with tert-alkyl or cyclic N) is 1. The topological polar surface area (TPSA) is 88.6 Å². The van der Waals surface area contributed by atoms with Crippen LogP contribution in [0.4, 0.5) is 5.69 Å². The molecule has 1 aromatic heterocycles. The number of carbonyl (C=O) groups is 1. The molecule has 1 aliphatic rings. The first-order chi connectivity index (χ1) is 8.90. The van der Waals surface area contributed by atoms with Crippen molar-refractivity contribution < 1.29 is 14.8 Å². The molecule has 104 valence electrons. The third-order valence-electron chi connectivity index (χ3n) is 3.27. The fraction of sp³-hybridized carbons (Fsp3) is 0.583. The minimum atomic E-state index is -0.505. The molecule has 0 saturated carbocycles. The highest BCUT2D eigenvalue weighted by molar-refractivity contribution is 5.93. The van der Waals surface area contributed by atoms with Gasteiger partial charge in [0.2, 0.25) is 0 Å². The zero-order valence-corrected chi connectivity index (χ0v) is 10.9. The number of carbonyl (C=O) groups excluding carboxylic acids is 1. The average molecular weight is 267 g/mol. The fourth-order valence-corrected chi connectivity index (χ4v) is 2.25. The van der Waals surface area contributed by atoms with Gasteiger partial charge in [0.05, 0.1) is 17.2 Å². The van der Waals surface area contributed by atoms with Crippen LogP contribution in [-0.2, 0) is 0 Å². The van der Waals surface area contributed by atoms with E-state index in [-0.39, 0.29) is 24.2 Å². The molecular formula is C12H17N3O4. The summed E-state index contributed by atoms with van der Waals surface area (Å²) in [5, 5.41) is 20.3. The molecule has 0 bridgehead atoms. The van der Waals surface area contributed by atoms with Gasteiger partial charge >= 0.3 is 0 Å². The lowest BCUT2D eigenvalue weighted by Gasteiger charge is -2.18. The summed E-state index contributed by atoms with van der Waals surface area (Å²) in [4.78, 5) is 24.2. The lowest BCUT2D eigenvalue weighted by Crippen LogP contribution is -2.31. The zero-order chi connectivity index (χ0) is 14.2.